The van der Waals surface area contributed by atoms with Crippen molar-refractivity contribution in [3.05, 3.63) is 36.3 Å². The van der Waals surface area contributed by atoms with E-state index in [0.717, 1.165) is 0 Å². The SMILES string of the molecule is O=S1(=O)C(c2ccccn2)=CN=C1Cl. The number of pyridine rings is 1. The molecular weight excluding hydrogens is 224 g/mol. The fraction of sp³-hybridized carbons (Fsp3) is 0. The quantitative estimate of drug-likeness (QED) is 0.730. The van der Waals surface area contributed by atoms with E-state index in [0.29, 0.717) is 5.69 Å². The van der Waals surface area contributed by atoms with Crippen molar-refractivity contribution in [2.24, 2.45) is 4.99 Å². The van der Waals surface area contributed by atoms with E-state index in [1.54, 1.807) is 18.2 Å². The molecule has 0 amide bonds. The van der Waals surface area contributed by atoms with Crippen molar-refractivity contribution in [2.45, 2.75) is 0 Å². The Bertz CT molecular complexity index is 520. The summed E-state index contributed by atoms with van der Waals surface area (Å²) < 4.78 is 22.6. The number of aromatic nitrogens is 1. The largest absolute Gasteiger partial charge is 0.255 e. The van der Waals surface area contributed by atoms with E-state index >= 15 is 0 Å². The molecule has 4 nitrogen and oxygen atoms in total. The van der Waals surface area contributed by atoms with E-state index in [1.165, 1.54) is 12.4 Å². The summed E-state index contributed by atoms with van der Waals surface area (Å²) in [6, 6.07) is 4.99. The minimum absolute atomic E-state index is 0.0445. The first-order chi connectivity index (χ1) is 6.62. The Morgan fingerprint density at radius 2 is 2.07 bits per heavy atom. The maximum Gasteiger partial charge on any atom is 0.238 e. The first-order valence-corrected chi connectivity index (χ1v) is 5.58. The average Bonchev–Trinajstić information content (AvgIpc) is 2.44. The van der Waals surface area contributed by atoms with Crippen LogP contribution in [0.5, 0.6) is 0 Å². The van der Waals surface area contributed by atoms with Crippen LogP contribution in [-0.4, -0.2) is 17.9 Å². The number of rotatable bonds is 1. The molecule has 0 saturated carbocycles. The monoisotopic (exact) mass is 228 g/mol. The molecule has 1 aromatic heterocycles. The van der Waals surface area contributed by atoms with Gasteiger partial charge in [-0.25, -0.2) is 13.4 Å². The molecule has 0 spiro atoms. The highest BCUT2D eigenvalue weighted by Crippen LogP contribution is 2.27. The van der Waals surface area contributed by atoms with Crippen molar-refractivity contribution in [3.63, 3.8) is 0 Å². The van der Waals surface area contributed by atoms with Crippen molar-refractivity contribution in [1.82, 2.24) is 4.98 Å². The Morgan fingerprint density at radius 3 is 2.57 bits per heavy atom. The van der Waals surface area contributed by atoms with Gasteiger partial charge in [0.1, 0.15) is 4.91 Å². The molecule has 1 aromatic rings. The maximum absolute atomic E-state index is 11.5. The minimum atomic E-state index is -3.60. The highest BCUT2D eigenvalue weighted by molar-refractivity contribution is 8.17. The van der Waals surface area contributed by atoms with Crippen LogP contribution in [0.15, 0.2) is 35.6 Å². The number of hydrogen-bond acceptors (Lipinski definition) is 4. The summed E-state index contributed by atoms with van der Waals surface area (Å²) in [5, 5.41) is 0. The molecule has 0 aliphatic carbocycles. The third-order valence-corrected chi connectivity index (χ3v) is 3.86. The number of aliphatic imine (C=N–C) groups is 1. The molecule has 6 heteroatoms. The van der Waals surface area contributed by atoms with Gasteiger partial charge in [0.25, 0.3) is 0 Å². The van der Waals surface area contributed by atoms with Crippen molar-refractivity contribution < 1.29 is 8.42 Å². The Morgan fingerprint density at radius 1 is 1.29 bits per heavy atom. The van der Waals surface area contributed by atoms with Gasteiger partial charge in [0.05, 0.1) is 11.9 Å². The maximum atomic E-state index is 11.5. The third kappa shape index (κ3) is 1.34. The highest BCUT2D eigenvalue weighted by Gasteiger charge is 2.29. The number of halogens is 1. The molecule has 14 heavy (non-hydrogen) atoms. The normalized spacial score (nSPS) is 18.9. The molecule has 2 heterocycles. The minimum Gasteiger partial charge on any atom is -0.255 e. The third-order valence-electron chi connectivity index (χ3n) is 1.71. The lowest BCUT2D eigenvalue weighted by Gasteiger charge is -1.99. The van der Waals surface area contributed by atoms with Crippen LogP contribution in [0.3, 0.4) is 0 Å². The first kappa shape index (κ1) is 9.36. The standard InChI is InChI=1S/C8H5ClN2O2S/c9-8-11-5-7(14(8,12)13)6-3-1-2-4-10-6/h1-5H. The van der Waals surface area contributed by atoms with E-state index in [4.69, 9.17) is 11.6 Å². The Hall–Kier alpha value is -1.20. The molecule has 2 rings (SSSR count). The Kier molecular flexibility index (Phi) is 2.13. The number of hydrogen-bond donors (Lipinski definition) is 0. The zero-order chi connectivity index (χ0) is 10.2. The lowest BCUT2D eigenvalue weighted by Crippen LogP contribution is -2.07. The summed E-state index contributed by atoms with van der Waals surface area (Å²) in [7, 11) is -3.60. The average molecular weight is 229 g/mol. The van der Waals surface area contributed by atoms with Gasteiger partial charge in [-0.15, -0.1) is 0 Å². The van der Waals surface area contributed by atoms with Crippen LogP contribution in [0.1, 0.15) is 5.69 Å². The second kappa shape index (κ2) is 3.18. The van der Waals surface area contributed by atoms with Gasteiger partial charge < -0.3 is 0 Å². The summed E-state index contributed by atoms with van der Waals surface area (Å²) in [6.45, 7) is 0. The molecule has 0 N–H and O–H groups in total. The van der Waals surface area contributed by atoms with Crippen molar-refractivity contribution in [3.8, 4) is 0 Å². The molecule has 72 valence electrons. The summed E-state index contributed by atoms with van der Waals surface area (Å²) >= 11 is 5.43. The van der Waals surface area contributed by atoms with Gasteiger partial charge in [-0.05, 0) is 23.7 Å². The molecule has 0 bridgehead atoms. The van der Waals surface area contributed by atoms with Gasteiger partial charge >= 0.3 is 0 Å². The molecule has 0 radical (unpaired) electrons. The zero-order valence-corrected chi connectivity index (χ0v) is 8.46. The summed E-state index contributed by atoms with van der Waals surface area (Å²) in [4.78, 5) is 7.49. The Labute approximate surface area is 85.9 Å². The van der Waals surface area contributed by atoms with E-state index in [1.807, 2.05) is 0 Å². The summed E-state index contributed by atoms with van der Waals surface area (Å²) in [5.74, 6) is 0. The highest BCUT2D eigenvalue weighted by atomic mass is 35.5. The molecule has 0 atom stereocenters. The molecule has 0 aromatic carbocycles. The molecule has 1 aliphatic rings. The topological polar surface area (TPSA) is 59.4 Å². The fourth-order valence-corrected chi connectivity index (χ4v) is 2.31. The fourth-order valence-electron chi connectivity index (χ4n) is 1.05. The van der Waals surface area contributed by atoms with Crippen LogP contribution in [0, 0.1) is 0 Å². The number of nitrogens with zero attached hydrogens (tertiary/aromatic N) is 2. The van der Waals surface area contributed by atoms with Crippen LogP contribution in [0.4, 0.5) is 0 Å². The van der Waals surface area contributed by atoms with Gasteiger partial charge in [0.2, 0.25) is 14.3 Å². The molecule has 1 aliphatic heterocycles. The van der Waals surface area contributed by atoms with Gasteiger partial charge in [0.15, 0.2) is 0 Å². The smallest absolute Gasteiger partial charge is 0.238 e. The lowest BCUT2D eigenvalue weighted by molar-refractivity contribution is 0.617. The van der Waals surface area contributed by atoms with Crippen molar-refractivity contribution >= 4 is 30.8 Å². The van der Waals surface area contributed by atoms with E-state index in [9.17, 15) is 8.42 Å². The van der Waals surface area contributed by atoms with E-state index in [-0.39, 0.29) is 4.91 Å². The first-order valence-electron chi connectivity index (χ1n) is 3.72. The second-order valence-electron chi connectivity index (χ2n) is 2.59. The van der Waals surface area contributed by atoms with Crippen LogP contribution in [0.25, 0.3) is 4.91 Å². The van der Waals surface area contributed by atoms with Gasteiger partial charge in [0, 0.05) is 6.20 Å². The van der Waals surface area contributed by atoms with Crippen molar-refractivity contribution in [2.75, 3.05) is 0 Å². The molecule has 0 fully saturated rings. The Balaban J connectivity index is 2.53. The molecule has 0 unspecified atom stereocenters. The second-order valence-corrected chi connectivity index (χ2v) is 5.01. The summed E-state index contributed by atoms with van der Waals surface area (Å²) in [6.07, 6.45) is 2.72. The van der Waals surface area contributed by atoms with E-state index < -0.39 is 14.3 Å². The lowest BCUT2D eigenvalue weighted by atomic mass is 10.3. The van der Waals surface area contributed by atoms with Crippen LogP contribution >= 0.6 is 11.6 Å². The van der Waals surface area contributed by atoms with Crippen LogP contribution < -0.4 is 0 Å². The predicted molar refractivity (Wildman–Crippen MR) is 54.4 cm³/mol. The van der Waals surface area contributed by atoms with E-state index in [2.05, 4.69) is 9.98 Å². The van der Waals surface area contributed by atoms with Gasteiger partial charge in [-0.1, -0.05) is 6.07 Å². The van der Waals surface area contributed by atoms with Crippen LogP contribution in [0.2, 0.25) is 0 Å². The van der Waals surface area contributed by atoms with Gasteiger partial charge in [-0.3, -0.25) is 4.98 Å². The number of sulfone groups is 1. The predicted octanol–water partition coefficient (Wildman–Crippen LogP) is 1.40. The molecule has 0 saturated heterocycles. The van der Waals surface area contributed by atoms with Gasteiger partial charge in [-0.2, -0.15) is 0 Å². The van der Waals surface area contributed by atoms with Crippen LogP contribution in [-0.2, 0) is 9.84 Å². The molecular formula is C8H5ClN2O2S. The van der Waals surface area contributed by atoms with Crippen molar-refractivity contribution in [1.29, 1.82) is 0 Å². The summed E-state index contributed by atoms with van der Waals surface area (Å²) in [5.41, 5.74) is 0.354. The zero-order valence-electron chi connectivity index (χ0n) is 6.88.